The molecule has 27 nitrogen and oxygen atoms in total. The summed E-state index contributed by atoms with van der Waals surface area (Å²) in [5.41, 5.74) is 3.52. The highest BCUT2D eigenvalue weighted by molar-refractivity contribution is 5.75. The van der Waals surface area contributed by atoms with E-state index in [9.17, 15) is 48.6 Å². The number of carbonyl (C=O) groups excluding carboxylic acids is 5. The molecule has 0 atom stereocenters. The zero-order valence-corrected chi connectivity index (χ0v) is 56.5. The molecule has 0 spiro atoms. The Morgan fingerprint density at radius 1 is 0.427 bits per heavy atom. The van der Waals surface area contributed by atoms with E-state index in [2.05, 4.69) is 36.3 Å². The second kappa shape index (κ2) is 36.4. The van der Waals surface area contributed by atoms with Crippen LogP contribution in [0.4, 0.5) is 14.4 Å². The SMILES string of the molecule is CCCOC(=O)NCCCCCCn1c(=O)n(CCCCCCNC(=O)OCCOC(=O)CCc2cc(-n3nc4ccccc4n3)c(O)c(C(C)(C)C)c2)c(=O)n(CCCCCCNC(=O)OCCOC(=O)CCc2cc(-n3nc4ccccc4n3)c(O)c(C(C)(C)C)c2)c1=O. The Morgan fingerprint density at radius 2 is 0.729 bits per heavy atom. The van der Waals surface area contributed by atoms with E-state index < -0.39 is 58.1 Å². The van der Waals surface area contributed by atoms with Gasteiger partial charge >= 0.3 is 47.3 Å². The van der Waals surface area contributed by atoms with Crippen molar-refractivity contribution in [1.29, 1.82) is 0 Å². The van der Waals surface area contributed by atoms with Gasteiger partial charge in [0.2, 0.25) is 0 Å². The number of phenols is 2. The largest absolute Gasteiger partial charge is 0.505 e. The Labute approximate surface area is 557 Å². The number of amides is 3. The maximum absolute atomic E-state index is 13.8. The number of rotatable bonds is 37. The Kier molecular flexibility index (Phi) is 28.0. The molecule has 0 bridgehead atoms. The molecule has 520 valence electrons. The molecule has 5 N–H and O–H groups in total. The number of alkyl carbamates (subject to hydrolysis) is 3. The van der Waals surface area contributed by atoms with Crippen LogP contribution in [-0.2, 0) is 76.6 Å². The molecule has 3 heterocycles. The monoisotopic (exact) mass is 1330 g/mol. The number of phenolic OH excluding ortho intramolecular Hbond substituents is 2. The predicted molar refractivity (Wildman–Crippen MR) is 360 cm³/mol. The third-order valence-electron chi connectivity index (χ3n) is 15.9. The number of nitrogens with zero attached hydrogens (tertiary/aromatic N) is 9. The highest BCUT2D eigenvalue weighted by Gasteiger charge is 2.26. The fourth-order valence-electron chi connectivity index (χ4n) is 10.7. The molecular formula is C69H94N12O15. The highest BCUT2D eigenvalue weighted by Crippen LogP contribution is 2.38. The zero-order chi connectivity index (χ0) is 69.2. The van der Waals surface area contributed by atoms with Crippen molar-refractivity contribution in [3.05, 3.63) is 127 Å². The molecule has 27 heteroatoms. The molecule has 96 heavy (non-hydrogen) atoms. The summed E-state index contributed by atoms with van der Waals surface area (Å²) in [6.45, 7) is 14.8. The number of hydrogen-bond acceptors (Lipinski definition) is 19. The molecule has 0 aliphatic rings. The number of fused-ring (bicyclic) bond motifs is 2. The van der Waals surface area contributed by atoms with E-state index in [1.165, 1.54) is 9.59 Å². The number of nitrogens with one attached hydrogen (secondary N) is 3. The average molecular weight is 1330 g/mol. The van der Waals surface area contributed by atoms with Crippen molar-refractivity contribution in [2.75, 3.05) is 52.7 Å². The van der Waals surface area contributed by atoms with Gasteiger partial charge in [-0.05, 0) is 116 Å². The molecular weight excluding hydrogens is 1240 g/mol. The van der Waals surface area contributed by atoms with Crippen LogP contribution in [0, 0.1) is 0 Å². The Morgan fingerprint density at radius 3 is 1.04 bits per heavy atom. The maximum Gasteiger partial charge on any atom is 0.407 e. The third kappa shape index (κ3) is 22.3. The van der Waals surface area contributed by atoms with Gasteiger partial charge in [-0.25, -0.2) is 42.5 Å². The van der Waals surface area contributed by atoms with Crippen LogP contribution in [-0.4, -0.2) is 137 Å². The van der Waals surface area contributed by atoms with Crippen molar-refractivity contribution < 1.29 is 57.9 Å². The van der Waals surface area contributed by atoms with E-state index in [0.29, 0.717) is 161 Å². The zero-order valence-electron chi connectivity index (χ0n) is 56.5. The van der Waals surface area contributed by atoms with Crippen molar-refractivity contribution >= 4 is 52.3 Å². The molecule has 3 aromatic heterocycles. The standard InChI is InChI=1S/C69H94N12O15/c1-8-39-94-62(86)70-33-19-9-12-22-36-77-65(89)78(37-23-13-10-20-34-71-63(87)95-42-40-92-58(82)31-29-48-44-50(68(2,3)4)60(84)56(46-48)80-73-52-25-15-16-26-53(52)74-80)67(91)79(66(77)90)38-24-14-11-21-35-72-64(88)96-43-41-93-59(83)32-30-49-45-51(69(5,6)7)61(85)57(47-49)81-75-54-27-17-18-28-55(54)76-81/h15-18,25-28,44-47,84-85H,8-14,19-24,29-43H2,1-7H3,(H,70,86)(H,71,87)(H,72,88). The smallest absolute Gasteiger partial charge is 0.407 e. The molecule has 0 aliphatic heterocycles. The summed E-state index contributed by atoms with van der Waals surface area (Å²) in [5.74, 6) is -0.862. The second-order valence-electron chi connectivity index (χ2n) is 25.7. The lowest BCUT2D eigenvalue weighted by atomic mass is 9.84. The van der Waals surface area contributed by atoms with Crippen molar-refractivity contribution in [1.82, 2.24) is 59.6 Å². The minimum Gasteiger partial charge on any atom is -0.505 e. The number of benzene rings is 4. The highest BCUT2D eigenvalue weighted by atomic mass is 16.6. The summed E-state index contributed by atoms with van der Waals surface area (Å²) >= 11 is 0. The van der Waals surface area contributed by atoms with Gasteiger partial charge in [-0.15, -0.1) is 30.0 Å². The topological polar surface area (TPSA) is 335 Å². The normalized spacial score (nSPS) is 11.6. The van der Waals surface area contributed by atoms with E-state index in [-0.39, 0.29) is 70.4 Å². The van der Waals surface area contributed by atoms with Crippen LogP contribution in [0.2, 0.25) is 0 Å². The number of hydrogen-bond donors (Lipinski definition) is 5. The lowest BCUT2D eigenvalue weighted by molar-refractivity contribution is -0.145. The molecule has 0 fully saturated rings. The molecule has 7 rings (SSSR count). The first-order valence-electron chi connectivity index (χ1n) is 33.4. The number of unbranched alkanes of at least 4 members (excludes halogenated alkanes) is 9. The molecule has 3 amide bonds. The first kappa shape index (κ1) is 73.8. The first-order chi connectivity index (χ1) is 46.0. The van der Waals surface area contributed by atoms with E-state index in [1.54, 1.807) is 12.1 Å². The molecule has 7 aromatic rings. The number of aryl methyl sites for hydroxylation is 2. The van der Waals surface area contributed by atoms with Crippen molar-refractivity contribution in [3.8, 4) is 22.9 Å². The predicted octanol–water partition coefficient (Wildman–Crippen LogP) is 9.27. The fourth-order valence-corrected chi connectivity index (χ4v) is 10.7. The van der Waals surface area contributed by atoms with Crippen LogP contribution >= 0.6 is 0 Å². The van der Waals surface area contributed by atoms with Gasteiger partial charge in [-0.3, -0.25) is 9.59 Å². The van der Waals surface area contributed by atoms with Crippen molar-refractivity contribution in [2.24, 2.45) is 0 Å². The molecule has 0 aliphatic carbocycles. The third-order valence-corrected chi connectivity index (χ3v) is 15.9. The van der Waals surface area contributed by atoms with Gasteiger partial charge in [-0.1, -0.05) is 123 Å². The summed E-state index contributed by atoms with van der Waals surface area (Å²) in [5, 5.41) is 48.7. The van der Waals surface area contributed by atoms with E-state index in [0.717, 1.165) is 31.2 Å². The first-order valence-corrected chi connectivity index (χ1v) is 33.4. The lowest BCUT2D eigenvalue weighted by Gasteiger charge is -2.23. The van der Waals surface area contributed by atoms with Crippen molar-refractivity contribution in [2.45, 2.75) is 188 Å². The van der Waals surface area contributed by atoms with Crippen molar-refractivity contribution in [3.63, 3.8) is 0 Å². The Bertz CT molecular complexity index is 3630. The summed E-state index contributed by atoms with van der Waals surface area (Å²) < 4.78 is 29.5. The summed E-state index contributed by atoms with van der Waals surface area (Å²) in [4.78, 5) is 106. The number of aromatic hydroxyl groups is 2. The maximum atomic E-state index is 13.8. The number of esters is 2. The Balaban J connectivity index is 0.789. The van der Waals surface area contributed by atoms with E-state index in [1.807, 2.05) is 109 Å². The summed E-state index contributed by atoms with van der Waals surface area (Å²) in [7, 11) is 0. The summed E-state index contributed by atoms with van der Waals surface area (Å²) in [6, 6.07) is 22.0. The second-order valence-corrected chi connectivity index (χ2v) is 25.7. The summed E-state index contributed by atoms with van der Waals surface area (Å²) in [6.07, 6.45) is 6.76. The fraction of sp³-hybridized carbons (Fsp3) is 0.536. The van der Waals surface area contributed by atoms with Gasteiger partial charge in [0.15, 0.2) is 0 Å². The van der Waals surface area contributed by atoms with E-state index in [4.69, 9.17) is 23.7 Å². The lowest BCUT2D eigenvalue weighted by Crippen LogP contribution is -2.54. The minimum absolute atomic E-state index is 0.0418. The van der Waals surface area contributed by atoms with Gasteiger partial charge in [0.05, 0.1) is 6.61 Å². The van der Waals surface area contributed by atoms with Crippen LogP contribution in [0.15, 0.2) is 87.2 Å². The Hall–Kier alpha value is -9.56. The van der Waals surface area contributed by atoms with Gasteiger partial charge < -0.3 is 49.8 Å². The van der Waals surface area contributed by atoms with Crippen LogP contribution < -0.4 is 33.0 Å². The van der Waals surface area contributed by atoms with Crippen LogP contribution in [0.3, 0.4) is 0 Å². The molecule has 0 saturated carbocycles. The molecule has 0 unspecified atom stereocenters. The van der Waals surface area contributed by atoms with Crippen LogP contribution in [0.25, 0.3) is 33.4 Å². The number of aromatic nitrogens is 9. The van der Waals surface area contributed by atoms with E-state index >= 15 is 0 Å². The minimum atomic E-state index is -0.690. The van der Waals surface area contributed by atoms with Crippen LogP contribution in [0.1, 0.15) is 167 Å². The van der Waals surface area contributed by atoms with Gasteiger partial charge in [-0.2, -0.15) is 0 Å². The molecule has 0 saturated heterocycles. The van der Waals surface area contributed by atoms with Gasteiger partial charge in [0.1, 0.15) is 71.4 Å². The van der Waals surface area contributed by atoms with Crippen LogP contribution in [0.5, 0.6) is 11.5 Å². The average Bonchev–Trinajstić information content (AvgIpc) is 1.22. The van der Waals surface area contributed by atoms with Gasteiger partial charge in [0, 0.05) is 63.2 Å². The molecule has 0 radical (unpaired) electrons. The molecule has 4 aromatic carbocycles. The van der Waals surface area contributed by atoms with Gasteiger partial charge in [0.25, 0.3) is 0 Å². The quantitative estimate of drug-likeness (QED) is 0.0137. The number of carbonyl (C=O) groups is 5. The number of ether oxygens (including phenoxy) is 5.